The molecule has 7 heteroatoms. The zero-order valence-corrected chi connectivity index (χ0v) is 9.11. The lowest BCUT2D eigenvalue weighted by Gasteiger charge is -2.05. The van der Waals surface area contributed by atoms with E-state index in [9.17, 15) is 4.79 Å². The summed E-state index contributed by atoms with van der Waals surface area (Å²) in [5.74, 6) is 0. The van der Waals surface area contributed by atoms with Gasteiger partial charge in [0, 0.05) is 28.7 Å². The minimum absolute atomic E-state index is 0.227. The number of anilines is 1. The van der Waals surface area contributed by atoms with Crippen LogP contribution in [0.4, 0.5) is 10.5 Å². The summed E-state index contributed by atoms with van der Waals surface area (Å²) in [5.41, 5.74) is 8.65. The van der Waals surface area contributed by atoms with Gasteiger partial charge in [-0.3, -0.25) is 0 Å². The second-order valence-electron chi connectivity index (χ2n) is 2.84. The van der Waals surface area contributed by atoms with Crippen molar-refractivity contribution in [3.8, 4) is 0 Å². The van der Waals surface area contributed by atoms with Gasteiger partial charge in [-0.25, -0.2) is 4.79 Å². The summed E-state index contributed by atoms with van der Waals surface area (Å²) in [5, 5.41) is 9.02. The summed E-state index contributed by atoms with van der Waals surface area (Å²) in [6.45, 7) is 0.522. The van der Waals surface area contributed by atoms with E-state index in [2.05, 4.69) is 20.7 Å². The molecule has 1 aromatic carbocycles. The van der Waals surface area contributed by atoms with Crippen molar-refractivity contribution in [3.05, 3.63) is 39.7 Å². The molecular formula is C9H10ClN5O. The van der Waals surface area contributed by atoms with E-state index in [-0.39, 0.29) is 12.6 Å². The highest BCUT2D eigenvalue weighted by molar-refractivity contribution is 6.30. The van der Waals surface area contributed by atoms with Crippen LogP contribution in [0.1, 0.15) is 0 Å². The number of hydrogen-bond donors (Lipinski definition) is 2. The van der Waals surface area contributed by atoms with Gasteiger partial charge in [0.25, 0.3) is 0 Å². The van der Waals surface area contributed by atoms with Gasteiger partial charge < -0.3 is 10.6 Å². The molecule has 0 saturated carbocycles. The quantitative estimate of drug-likeness (QED) is 0.360. The summed E-state index contributed by atoms with van der Waals surface area (Å²) in [7, 11) is 0. The van der Waals surface area contributed by atoms with Gasteiger partial charge in [-0.05, 0) is 29.8 Å². The smallest absolute Gasteiger partial charge is 0.319 e. The predicted molar refractivity (Wildman–Crippen MR) is 62.5 cm³/mol. The third-order valence-corrected chi connectivity index (χ3v) is 1.91. The van der Waals surface area contributed by atoms with E-state index in [1.54, 1.807) is 24.3 Å². The first-order valence-electron chi connectivity index (χ1n) is 4.53. The number of benzene rings is 1. The van der Waals surface area contributed by atoms with Crippen molar-refractivity contribution in [2.75, 3.05) is 18.4 Å². The second-order valence-corrected chi connectivity index (χ2v) is 3.28. The van der Waals surface area contributed by atoms with E-state index in [4.69, 9.17) is 17.1 Å². The molecule has 2 N–H and O–H groups in total. The van der Waals surface area contributed by atoms with Crippen LogP contribution in [0.25, 0.3) is 10.4 Å². The largest absolute Gasteiger partial charge is 0.338 e. The Kier molecular flexibility index (Phi) is 4.98. The van der Waals surface area contributed by atoms with E-state index in [0.29, 0.717) is 17.3 Å². The minimum Gasteiger partial charge on any atom is -0.338 e. The van der Waals surface area contributed by atoms with Crippen LogP contribution >= 0.6 is 11.6 Å². The average Bonchev–Trinajstić information content (AvgIpc) is 2.28. The molecule has 0 radical (unpaired) electrons. The molecule has 0 aliphatic rings. The summed E-state index contributed by atoms with van der Waals surface area (Å²) in [6.07, 6.45) is 0. The summed E-state index contributed by atoms with van der Waals surface area (Å²) < 4.78 is 0. The van der Waals surface area contributed by atoms with Gasteiger partial charge in [0.05, 0.1) is 0 Å². The average molecular weight is 240 g/mol. The van der Waals surface area contributed by atoms with Crippen LogP contribution < -0.4 is 10.6 Å². The third-order valence-electron chi connectivity index (χ3n) is 1.66. The molecule has 0 spiro atoms. The Labute approximate surface area is 97.2 Å². The maximum atomic E-state index is 11.3. The molecule has 1 aromatic rings. The number of nitrogens with zero attached hydrogens (tertiary/aromatic N) is 3. The number of halogens is 1. The van der Waals surface area contributed by atoms with Crippen LogP contribution in [0, 0.1) is 0 Å². The molecule has 0 unspecified atom stereocenters. The lowest BCUT2D eigenvalue weighted by molar-refractivity contribution is 0.252. The SMILES string of the molecule is [N-]=[N+]=NCCNC(=O)Nc1ccc(Cl)cc1. The Morgan fingerprint density at radius 1 is 1.44 bits per heavy atom. The van der Waals surface area contributed by atoms with Gasteiger partial charge >= 0.3 is 6.03 Å². The van der Waals surface area contributed by atoms with Crippen molar-refractivity contribution in [3.63, 3.8) is 0 Å². The van der Waals surface area contributed by atoms with Crippen LogP contribution in [0.15, 0.2) is 29.4 Å². The first kappa shape index (κ1) is 12.2. The first-order chi connectivity index (χ1) is 7.72. The van der Waals surface area contributed by atoms with Crippen LogP contribution in [-0.4, -0.2) is 19.1 Å². The fourth-order valence-corrected chi connectivity index (χ4v) is 1.10. The second kappa shape index (κ2) is 6.55. The fraction of sp³-hybridized carbons (Fsp3) is 0.222. The lowest BCUT2D eigenvalue weighted by atomic mass is 10.3. The number of carbonyl (C=O) groups is 1. The zero-order valence-electron chi connectivity index (χ0n) is 8.35. The molecule has 2 amide bonds. The van der Waals surface area contributed by atoms with E-state index < -0.39 is 0 Å². The van der Waals surface area contributed by atoms with E-state index in [1.165, 1.54) is 0 Å². The van der Waals surface area contributed by atoms with Gasteiger partial charge in [0.2, 0.25) is 0 Å². The minimum atomic E-state index is -0.351. The van der Waals surface area contributed by atoms with Crippen molar-refractivity contribution in [2.45, 2.75) is 0 Å². The Morgan fingerprint density at radius 3 is 2.75 bits per heavy atom. The molecule has 0 heterocycles. The lowest BCUT2D eigenvalue weighted by Crippen LogP contribution is -2.30. The monoisotopic (exact) mass is 239 g/mol. The fourth-order valence-electron chi connectivity index (χ4n) is 0.973. The van der Waals surface area contributed by atoms with Crippen LogP contribution in [0.5, 0.6) is 0 Å². The molecule has 0 aliphatic carbocycles. The van der Waals surface area contributed by atoms with Crippen molar-refractivity contribution >= 4 is 23.3 Å². The van der Waals surface area contributed by atoms with Crippen LogP contribution in [-0.2, 0) is 0 Å². The van der Waals surface area contributed by atoms with Crippen LogP contribution in [0.2, 0.25) is 5.02 Å². The number of nitrogens with one attached hydrogen (secondary N) is 2. The number of carbonyl (C=O) groups excluding carboxylic acids is 1. The maximum Gasteiger partial charge on any atom is 0.319 e. The summed E-state index contributed by atoms with van der Waals surface area (Å²) in [6, 6.07) is 6.38. The first-order valence-corrected chi connectivity index (χ1v) is 4.91. The van der Waals surface area contributed by atoms with Crippen molar-refractivity contribution < 1.29 is 4.79 Å². The molecule has 0 saturated heterocycles. The van der Waals surface area contributed by atoms with Crippen molar-refractivity contribution in [2.24, 2.45) is 5.11 Å². The Morgan fingerprint density at radius 2 is 2.12 bits per heavy atom. The molecule has 0 fully saturated rings. The number of urea groups is 1. The zero-order chi connectivity index (χ0) is 11.8. The van der Waals surface area contributed by atoms with E-state index >= 15 is 0 Å². The summed E-state index contributed by atoms with van der Waals surface area (Å²) >= 11 is 5.69. The molecule has 0 atom stereocenters. The Balaban J connectivity index is 2.34. The predicted octanol–water partition coefficient (Wildman–Crippen LogP) is 2.77. The highest BCUT2D eigenvalue weighted by Gasteiger charge is 1.99. The highest BCUT2D eigenvalue weighted by atomic mass is 35.5. The van der Waals surface area contributed by atoms with Crippen molar-refractivity contribution in [1.82, 2.24) is 5.32 Å². The van der Waals surface area contributed by atoms with Crippen molar-refractivity contribution in [1.29, 1.82) is 0 Å². The van der Waals surface area contributed by atoms with Gasteiger partial charge in [0.1, 0.15) is 0 Å². The molecule has 1 rings (SSSR count). The summed E-state index contributed by atoms with van der Waals surface area (Å²) in [4.78, 5) is 13.8. The van der Waals surface area contributed by atoms with Gasteiger partial charge in [-0.1, -0.05) is 16.7 Å². The molecule has 84 valence electrons. The molecular weight excluding hydrogens is 230 g/mol. The standard InChI is InChI=1S/C9H10ClN5O/c10-7-1-3-8(4-2-7)14-9(16)12-5-6-13-15-11/h1-4H,5-6H2,(H2,12,14,16). The van der Waals surface area contributed by atoms with E-state index in [0.717, 1.165) is 0 Å². The van der Waals surface area contributed by atoms with Gasteiger partial charge in [0.15, 0.2) is 0 Å². The number of hydrogen-bond acceptors (Lipinski definition) is 2. The maximum absolute atomic E-state index is 11.3. The number of amides is 2. The molecule has 0 aromatic heterocycles. The van der Waals surface area contributed by atoms with E-state index in [1.807, 2.05) is 0 Å². The molecule has 16 heavy (non-hydrogen) atoms. The normalized spacial score (nSPS) is 9.06. The van der Waals surface area contributed by atoms with Crippen LogP contribution in [0.3, 0.4) is 0 Å². The molecule has 0 aliphatic heterocycles. The molecule has 0 bridgehead atoms. The van der Waals surface area contributed by atoms with Gasteiger partial charge in [-0.2, -0.15) is 0 Å². The number of azide groups is 1. The van der Waals surface area contributed by atoms with Gasteiger partial charge in [-0.15, -0.1) is 0 Å². The third kappa shape index (κ3) is 4.54. The Hall–Kier alpha value is -1.91. The Bertz CT molecular complexity index is 399. The topological polar surface area (TPSA) is 89.9 Å². The number of rotatable bonds is 4. The molecule has 6 nitrogen and oxygen atoms in total. The highest BCUT2D eigenvalue weighted by Crippen LogP contribution is 2.12.